The zero-order valence-corrected chi connectivity index (χ0v) is 26.0. The Morgan fingerprint density at radius 1 is 1.02 bits per heavy atom. The smallest absolute Gasteiger partial charge is 0.255 e. The van der Waals surface area contributed by atoms with Gasteiger partial charge in [-0.2, -0.15) is 4.98 Å². The molecule has 0 bridgehead atoms. The number of carbonyl (C=O) groups is 1. The minimum Gasteiger partial charge on any atom is -0.490 e. The number of halogens is 2. The Labute approximate surface area is 259 Å². The number of allylic oxidation sites excluding steroid dienone is 1. The second-order valence-corrected chi connectivity index (χ2v) is 11.7. The molecule has 1 aliphatic heterocycles. The molecule has 4 aromatic rings. The van der Waals surface area contributed by atoms with E-state index in [1.165, 1.54) is 11.8 Å². The molecule has 0 spiro atoms. The molecule has 3 aromatic carbocycles. The number of nitrogens with one attached hydrogen (secondary N) is 2. The summed E-state index contributed by atoms with van der Waals surface area (Å²) in [5.41, 5.74) is 4.43. The van der Waals surface area contributed by atoms with E-state index in [0.29, 0.717) is 61.8 Å². The average Bonchev–Trinajstić information content (AvgIpc) is 3.34. The summed E-state index contributed by atoms with van der Waals surface area (Å²) in [6, 6.07) is 18.1. The Hall–Kier alpha value is -3.66. The van der Waals surface area contributed by atoms with Gasteiger partial charge in [0.2, 0.25) is 11.1 Å². The number of anilines is 2. The Morgan fingerprint density at radius 2 is 1.79 bits per heavy atom. The van der Waals surface area contributed by atoms with Gasteiger partial charge in [0, 0.05) is 27.0 Å². The molecule has 1 aliphatic rings. The first-order valence-electron chi connectivity index (χ1n) is 13.6. The van der Waals surface area contributed by atoms with E-state index in [4.69, 9.17) is 37.8 Å². The largest absolute Gasteiger partial charge is 0.490 e. The van der Waals surface area contributed by atoms with Gasteiger partial charge in [-0.1, -0.05) is 66.2 Å². The van der Waals surface area contributed by atoms with Crippen molar-refractivity contribution >= 4 is 52.5 Å². The predicted octanol–water partition coefficient (Wildman–Crippen LogP) is 7.91. The van der Waals surface area contributed by atoms with Gasteiger partial charge in [0.25, 0.3) is 5.91 Å². The van der Waals surface area contributed by atoms with Crippen LogP contribution in [0.5, 0.6) is 11.5 Å². The fourth-order valence-corrected chi connectivity index (χ4v) is 5.81. The summed E-state index contributed by atoms with van der Waals surface area (Å²) < 4.78 is 13.9. The van der Waals surface area contributed by atoms with Crippen molar-refractivity contribution in [2.24, 2.45) is 0 Å². The lowest BCUT2D eigenvalue weighted by molar-refractivity contribution is -0.113. The van der Waals surface area contributed by atoms with E-state index in [-0.39, 0.29) is 12.5 Å². The zero-order valence-electron chi connectivity index (χ0n) is 23.7. The molecular weight excluding hydrogens is 593 g/mol. The Kier molecular flexibility index (Phi) is 9.30. The van der Waals surface area contributed by atoms with Gasteiger partial charge in [0.05, 0.1) is 12.2 Å². The Morgan fingerprint density at radius 3 is 2.50 bits per heavy atom. The van der Waals surface area contributed by atoms with Crippen LogP contribution >= 0.6 is 35.0 Å². The topological polar surface area (TPSA) is 90.3 Å². The SMILES string of the molecule is CCOc1cc(C2C(C(=O)Nc3cccc(C)c3)=C(C)Nc3nc(SCC)nn32)ccc1OCc1c(Cl)cccc1Cl. The maximum atomic E-state index is 13.9. The fourth-order valence-electron chi connectivity index (χ4n) is 4.75. The van der Waals surface area contributed by atoms with E-state index in [9.17, 15) is 4.79 Å². The van der Waals surface area contributed by atoms with Crippen molar-refractivity contribution in [3.63, 3.8) is 0 Å². The molecule has 42 heavy (non-hydrogen) atoms. The summed E-state index contributed by atoms with van der Waals surface area (Å²) >= 11 is 14.3. The molecule has 0 saturated carbocycles. The van der Waals surface area contributed by atoms with E-state index in [2.05, 4.69) is 15.6 Å². The maximum absolute atomic E-state index is 13.9. The summed E-state index contributed by atoms with van der Waals surface area (Å²) in [4.78, 5) is 18.5. The number of aromatic nitrogens is 3. The number of thioether (sulfide) groups is 1. The van der Waals surface area contributed by atoms with Crippen LogP contribution in [0.15, 0.2) is 77.1 Å². The van der Waals surface area contributed by atoms with Gasteiger partial charge in [-0.3, -0.25) is 4.79 Å². The minimum absolute atomic E-state index is 0.166. The van der Waals surface area contributed by atoms with Crippen LogP contribution in [-0.2, 0) is 11.4 Å². The fraction of sp³-hybridized carbons (Fsp3) is 0.258. The number of ether oxygens (including phenoxy) is 2. The molecule has 218 valence electrons. The van der Waals surface area contributed by atoms with Crippen molar-refractivity contribution in [3.8, 4) is 11.5 Å². The van der Waals surface area contributed by atoms with Gasteiger partial charge in [-0.25, -0.2) is 4.68 Å². The molecule has 0 radical (unpaired) electrons. The van der Waals surface area contributed by atoms with E-state index in [0.717, 1.165) is 16.9 Å². The number of aryl methyl sites for hydroxylation is 1. The van der Waals surface area contributed by atoms with Crippen molar-refractivity contribution in [3.05, 3.63) is 98.7 Å². The van der Waals surface area contributed by atoms with Crippen LogP contribution < -0.4 is 20.1 Å². The molecular formula is C31H31Cl2N5O3S. The predicted molar refractivity (Wildman–Crippen MR) is 169 cm³/mol. The Balaban J connectivity index is 1.54. The number of hydrogen-bond acceptors (Lipinski definition) is 7. The van der Waals surface area contributed by atoms with Crippen molar-refractivity contribution < 1.29 is 14.3 Å². The van der Waals surface area contributed by atoms with Gasteiger partial charge in [0.1, 0.15) is 12.6 Å². The van der Waals surface area contributed by atoms with Crippen LogP contribution in [0.3, 0.4) is 0 Å². The van der Waals surface area contributed by atoms with E-state index in [1.807, 2.05) is 70.2 Å². The molecule has 2 heterocycles. The highest BCUT2D eigenvalue weighted by Gasteiger charge is 2.35. The normalized spacial score (nSPS) is 14.3. The van der Waals surface area contributed by atoms with E-state index < -0.39 is 6.04 Å². The second kappa shape index (κ2) is 13.1. The first-order valence-corrected chi connectivity index (χ1v) is 15.3. The molecule has 0 aliphatic carbocycles. The average molecular weight is 625 g/mol. The van der Waals surface area contributed by atoms with Crippen molar-refractivity contribution in [2.45, 2.75) is 45.5 Å². The molecule has 11 heteroatoms. The third kappa shape index (κ3) is 6.38. The standard InChI is InChI=1S/C31H31Cl2N5O3S/c1-5-40-26-16-20(13-14-25(26)41-17-22-23(32)11-8-12-24(22)33)28-27(29(39)35-21-10-7-9-18(3)15-21)19(4)34-30-36-31(42-6-2)37-38(28)30/h7-16,28H,5-6,17H2,1-4H3,(H,35,39)(H,34,36,37). The van der Waals surface area contributed by atoms with Crippen molar-refractivity contribution in [2.75, 3.05) is 23.0 Å². The number of nitrogens with zero attached hydrogens (tertiary/aromatic N) is 3. The minimum atomic E-state index is -0.573. The van der Waals surface area contributed by atoms with Crippen LogP contribution in [-0.4, -0.2) is 33.0 Å². The third-order valence-electron chi connectivity index (χ3n) is 6.64. The monoisotopic (exact) mass is 623 g/mol. The highest BCUT2D eigenvalue weighted by molar-refractivity contribution is 7.99. The molecule has 0 saturated heterocycles. The molecule has 1 unspecified atom stereocenters. The van der Waals surface area contributed by atoms with Gasteiger partial charge in [-0.15, -0.1) is 5.10 Å². The molecule has 1 amide bonds. The van der Waals surface area contributed by atoms with E-state index >= 15 is 0 Å². The Bertz CT molecular complexity index is 1640. The van der Waals surface area contributed by atoms with Gasteiger partial charge in [0.15, 0.2) is 11.5 Å². The first-order chi connectivity index (χ1) is 20.3. The maximum Gasteiger partial charge on any atom is 0.255 e. The van der Waals surface area contributed by atoms with Gasteiger partial charge < -0.3 is 20.1 Å². The number of fused-ring (bicyclic) bond motifs is 1. The highest BCUT2D eigenvalue weighted by Crippen LogP contribution is 2.40. The van der Waals surface area contributed by atoms with Crippen molar-refractivity contribution in [1.82, 2.24) is 14.8 Å². The van der Waals surface area contributed by atoms with E-state index in [1.54, 1.807) is 22.9 Å². The van der Waals surface area contributed by atoms with Crippen molar-refractivity contribution in [1.29, 1.82) is 0 Å². The second-order valence-electron chi connectivity index (χ2n) is 9.61. The lowest BCUT2D eigenvalue weighted by Gasteiger charge is -2.29. The van der Waals surface area contributed by atoms with Crippen LogP contribution in [0.25, 0.3) is 0 Å². The van der Waals surface area contributed by atoms with Crippen LogP contribution in [0.4, 0.5) is 11.6 Å². The zero-order chi connectivity index (χ0) is 29.8. The summed E-state index contributed by atoms with van der Waals surface area (Å²) in [5.74, 6) is 2.19. The molecule has 1 aromatic heterocycles. The quantitative estimate of drug-likeness (QED) is 0.173. The first kappa shape index (κ1) is 29.8. The summed E-state index contributed by atoms with van der Waals surface area (Å²) in [5, 5.41) is 12.8. The number of benzene rings is 3. The van der Waals surface area contributed by atoms with Crippen LogP contribution in [0.1, 0.15) is 43.5 Å². The van der Waals surface area contributed by atoms with Gasteiger partial charge in [-0.05, 0) is 74.0 Å². The lowest BCUT2D eigenvalue weighted by Crippen LogP contribution is -2.31. The molecule has 0 fully saturated rings. The molecule has 1 atom stereocenters. The molecule has 8 nitrogen and oxygen atoms in total. The number of hydrogen-bond donors (Lipinski definition) is 2. The van der Waals surface area contributed by atoms with Crippen LogP contribution in [0.2, 0.25) is 10.0 Å². The van der Waals surface area contributed by atoms with Gasteiger partial charge >= 0.3 is 0 Å². The number of amides is 1. The summed E-state index contributed by atoms with van der Waals surface area (Å²) in [7, 11) is 0. The number of rotatable bonds is 10. The summed E-state index contributed by atoms with van der Waals surface area (Å²) in [6.45, 7) is 8.39. The summed E-state index contributed by atoms with van der Waals surface area (Å²) in [6.07, 6.45) is 0. The van der Waals surface area contributed by atoms with Crippen LogP contribution in [0, 0.1) is 6.92 Å². The lowest BCUT2D eigenvalue weighted by atomic mass is 9.94. The molecule has 2 N–H and O–H groups in total. The molecule has 5 rings (SSSR count). The third-order valence-corrected chi connectivity index (χ3v) is 8.07. The highest BCUT2D eigenvalue weighted by atomic mass is 35.5. The number of carbonyl (C=O) groups excluding carboxylic acids is 1.